The molecule has 0 fully saturated rings. The summed E-state index contributed by atoms with van der Waals surface area (Å²) in [7, 11) is 0. The first kappa shape index (κ1) is 19.4. The first-order valence-electron chi connectivity index (χ1n) is 12.0. The predicted octanol–water partition coefficient (Wildman–Crippen LogP) is 6.25. The van der Waals surface area contributed by atoms with Gasteiger partial charge in [0, 0.05) is 17.1 Å². The van der Waals surface area contributed by atoms with Crippen LogP contribution in [0.4, 0.5) is 17.1 Å². The third-order valence-corrected chi connectivity index (χ3v) is 7.38. The second kappa shape index (κ2) is 7.23. The Morgan fingerprint density at radius 2 is 1.26 bits per heavy atom. The van der Waals surface area contributed by atoms with Crippen molar-refractivity contribution in [2.24, 2.45) is 0 Å². The summed E-state index contributed by atoms with van der Waals surface area (Å²) in [4.78, 5) is 2.47. The Morgan fingerprint density at radius 3 is 2.09 bits per heavy atom. The Morgan fingerprint density at radius 1 is 0.529 bits per heavy atom. The first-order chi connectivity index (χ1) is 16.7. The van der Waals surface area contributed by atoms with Gasteiger partial charge in [0.2, 0.25) is 6.71 Å². The van der Waals surface area contributed by atoms with E-state index in [1.165, 1.54) is 66.8 Å². The average molecular weight is 433 g/mol. The summed E-state index contributed by atoms with van der Waals surface area (Å²) < 4.78 is 0. The largest absolute Gasteiger partial charge is 0.311 e. The number of hydrogen-bond donors (Lipinski definition) is 0. The Kier molecular flexibility index (Phi) is 4.13. The summed E-state index contributed by atoms with van der Waals surface area (Å²) in [5.74, 6) is 0. The highest BCUT2D eigenvalue weighted by Crippen LogP contribution is 2.42. The van der Waals surface area contributed by atoms with Gasteiger partial charge in [0.05, 0.1) is 0 Å². The van der Waals surface area contributed by atoms with Crippen molar-refractivity contribution in [3.63, 3.8) is 0 Å². The van der Waals surface area contributed by atoms with Crippen LogP contribution < -0.4 is 21.3 Å². The van der Waals surface area contributed by atoms with Crippen LogP contribution in [0.1, 0.15) is 11.1 Å². The average Bonchev–Trinajstić information content (AvgIpc) is 3.21. The summed E-state index contributed by atoms with van der Waals surface area (Å²) >= 11 is 0. The monoisotopic (exact) mass is 433 g/mol. The third kappa shape index (κ3) is 2.75. The Labute approximate surface area is 201 Å². The molecule has 2 aliphatic heterocycles. The summed E-state index contributed by atoms with van der Waals surface area (Å²) in [6.45, 7) is 4.62. The fraction of sp³-hybridized carbons (Fsp3) is 0.0625. The van der Waals surface area contributed by atoms with Gasteiger partial charge >= 0.3 is 0 Å². The summed E-state index contributed by atoms with van der Waals surface area (Å²) in [5, 5.41) is 0. The van der Waals surface area contributed by atoms with Gasteiger partial charge in [-0.3, -0.25) is 0 Å². The van der Waals surface area contributed by atoms with Crippen LogP contribution in [0.25, 0.3) is 22.3 Å². The zero-order valence-electron chi connectivity index (χ0n) is 19.4. The van der Waals surface area contributed by atoms with Crippen LogP contribution >= 0.6 is 0 Å². The number of benzene rings is 5. The zero-order valence-corrected chi connectivity index (χ0v) is 19.4. The smallest absolute Gasteiger partial charge is 0.248 e. The molecule has 0 aliphatic carbocycles. The van der Waals surface area contributed by atoms with Crippen LogP contribution in [0, 0.1) is 13.8 Å². The van der Waals surface area contributed by atoms with Gasteiger partial charge in [0.25, 0.3) is 0 Å². The lowest BCUT2D eigenvalue weighted by Crippen LogP contribution is -2.54. The minimum Gasteiger partial charge on any atom is -0.311 e. The maximum atomic E-state index is 2.47. The molecule has 5 aromatic carbocycles. The number of hydrogen-bond acceptors (Lipinski definition) is 1. The van der Waals surface area contributed by atoms with Gasteiger partial charge in [-0.25, -0.2) is 0 Å². The quantitative estimate of drug-likeness (QED) is 0.291. The Bertz CT molecular complexity index is 1570. The van der Waals surface area contributed by atoms with Gasteiger partial charge in [0.1, 0.15) is 0 Å². The molecule has 34 heavy (non-hydrogen) atoms. The van der Waals surface area contributed by atoms with Gasteiger partial charge in [-0.2, -0.15) is 0 Å². The molecule has 1 nitrogen and oxygen atoms in total. The fourth-order valence-electron chi connectivity index (χ4n) is 5.83. The molecule has 0 spiro atoms. The lowest BCUT2D eigenvalue weighted by atomic mass is 9.37. The lowest BCUT2D eigenvalue weighted by molar-refractivity contribution is 1.28. The molecule has 0 atom stereocenters. The SMILES string of the molecule is Cc1ccc(N2c3ccc(C)cc3B3c4ccccc4-c4cc(-c5ccccc5)cc2c43)cc1. The maximum absolute atomic E-state index is 2.47. The van der Waals surface area contributed by atoms with E-state index in [1.54, 1.807) is 0 Å². The molecule has 0 radical (unpaired) electrons. The van der Waals surface area contributed by atoms with E-state index in [9.17, 15) is 0 Å². The van der Waals surface area contributed by atoms with Crippen LogP contribution in [0.15, 0.2) is 109 Å². The van der Waals surface area contributed by atoms with Gasteiger partial charge in [0.15, 0.2) is 0 Å². The van der Waals surface area contributed by atoms with E-state index in [-0.39, 0.29) is 6.71 Å². The lowest BCUT2D eigenvalue weighted by Gasteiger charge is -2.36. The van der Waals surface area contributed by atoms with Gasteiger partial charge in [-0.15, -0.1) is 0 Å². The molecular formula is C32H24BN. The molecule has 5 aromatic rings. The zero-order chi connectivity index (χ0) is 22.8. The van der Waals surface area contributed by atoms with E-state index < -0.39 is 0 Å². The van der Waals surface area contributed by atoms with E-state index in [1.807, 2.05) is 0 Å². The number of anilines is 3. The third-order valence-electron chi connectivity index (χ3n) is 7.38. The van der Waals surface area contributed by atoms with Crippen molar-refractivity contribution in [3.05, 3.63) is 120 Å². The van der Waals surface area contributed by atoms with E-state index in [0.29, 0.717) is 0 Å². The summed E-state index contributed by atoms with van der Waals surface area (Å²) in [6.07, 6.45) is 0. The number of fused-ring (bicyclic) bond motifs is 5. The highest BCUT2D eigenvalue weighted by molar-refractivity contribution is 7.01. The van der Waals surface area contributed by atoms with Crippen LogP contribution in [-0.2, 0) is 0 Å². The van der Waals surface area contributed by atoms with Crippen molar-refractivity contribution in [2.45, 2.75) is 13.8 Å². The van der Waals surface area contributed by atoms with Crippen LogP contribution in [0.2, 0.25) is 0 Å². The molecule has 0 saturated carbocycles. The molecule has 7 rings (SSSR count). The summed E-state index contributed by atoms with van der Waals surface area (Å²) in [5.41, 5.74) is 15.8. The molecule has 0 amide bonds. The topological polar surface area (TPSA) is 3.24 Å². The van der Waals surface area contributed by atoms with Crippen molar-refractivity contribution >= 4 is 40.2 Å². The minimum absolute atomic E-state index is 0.266. The normalized spacial score (nSPS) is 12.9. The predicted molar refractivity (Wildman–Crippen MR) is 146 cm³/mol. The molecular weight excluding hydrogens is 409 g/mol. The highest BCUT2D eigenvalue weighted by Gasteiger charge is 2.42. The second-order valence-electron chi connectivity index (χ2n) is 9.58. The van der Waals surface area contributed by atoms with Crippen molar-refractivity contribution in [1.82, 2.24) is 0 Å². The molecule has 160 valence electrons. The van der Waals surface area contributed by atoms with E-state index in [0.717, 1.165) is 0 Å². The van der Waals surface area contributed by atoms with Crippen LogP contribution in [0.5, 0.6) is 0 Å². The fourth-order valence-corrected chi connectivity index (χ4v) is 5.83. The molecule has 2 aliphatic rings. The van der Waals surface area contributed by atoms with E-state index in [2.05, 4.69) is 128 Å². The number of aryl methyl sites for hydroxylation is 2. The van der Waals surface area contributed by atoms with Crippen LogP contribution in [0.3, 0.4) is 0 Å². The van der Waals surface area contributed by atoms with Crippen molar-refractivity contribution in [3.8, 4) is 22.3 Å². The van der Waals surface area contributed by atoms with E-state index in [4.69, 9.17) is 0 Å². The van der Waals surface area contributed by atoms with Crippen molar-refractivity contribution in [2.75, 3.05) is 4.90 Å². The molecule has 0 N–H and O–H groups in total. The Hall–Kier alpha value is -4.04. The minimum atomic E-state index is 0.266. The molecule has 0 saturated heterocycles. The standard InChI is InChI=1S/C32H24BN/c1-21-12-15-25(16-13-21)34-30-17-14-22(2)18-29(30)33-28-11-7-6-10-26(28)27-19-24(20-31(34)32(27)33)23-8-4-3-5-9-23/h3-20H,1-2H3. The van der Waals surface area contributed by atoms with E-state index >= 15 is 0 Å². The van der Waals surface area contributed by atoms with Crippen molar-refractivity contribution in [1.29, 1.82) is 0 Å². The maximum Gasteiger partial charge on any atom is 0.248 e. The highest BCUT2D eigenvalue weighted by atomic mass is 15.1. The van der Waals surface area contributed by atoms with Gasteiger partial charge in [-0.1, -0.05) is 95.5 Å². The molecule has 0 unspecified atom stereocenters. The molecule has 0 aromatic heterocycles. The van der Waals surface area contributed by atoms with Gasteiger partial charge < -0.3 is 4.90 Å². The molecule has 2 heteroatoms. The molecule has 2 heterocycles. The number of rotatable bonds is 2. The Balaban J connectivity index is 1.59. The van der Waals surface area contributed by atoms with Crippen LogP contribution in [-0.4, -0.2) is 6.71 Å². The molecule has 0 bridgehead atoms. The number of nitrogens with zero attached hydrogens (tertiary/aromatic N) is 1. The van der Waals surface area contributed by atoms with Gasteiger partial charge in [-0.05, 0) is 77.4 Å². The summed E-state index contributed by atoms with van der Waals surface area (Å²) in [6, 6.07) is 40.4. The van der Waals surface area contributed by atoms with Crippen molar-refractivity contribution < 1.29 is 0 Å². The second-order valence-corrected chi connectivity index (χ2v) is 9.58. The first-order valence-corrected chi connectivity index (χ1v) is 12.0.